The highest BCUT2D eigenvalue weighted by Crippen LogP contribution is 2.25. The van der Waals surface area contributed by atoms with E-state index >= 15 is 0 Å². The summed E-state index contributed by atoms with van der Waals surface area (Å²) in [5.41, 5.74) is -0.205. The van der Waals surface area contributed by atoms with Crippen molar-refractivity contribution in [3.05, 3.63) is 11.4 Å². The first-order valence-electron chi connectivity index (χ1n) is 4.60. The molecule has 6 nitrogen and oxygen atoms in total. The minimum atomic E-state index is -4.10. The molecule has 0 aliphatic carbocycles. The van der Waals surface area contributed by atoms with Gasteiger partial charge in [-0.05, 0) is 13.3 Å². The number of aryl methyl sites for hydroxylation is 1. The lowest BCUT2D eigenvalue weighted by Gasteiger charge is -2.02. The Hall–Kier alpha value is -1.08. The molecule has 16 heavy (non-hydrogen) atoms. The maximum atomic E-state index is 11.3. The number of carboxylic acids is 1. The van der Waals surface area contributed by atoms with Crippen LogP contribution in [-0.2, 0) is 22.0 Å². The van der Waals surface area contributed by atoms with Gasteiger partial charge >= 0.3 is 5.97 Å². The molecule has 1 aromatic rings. The van der Waals surface area contributed by atoms with Gasteiger partial charge in [0.15, 0.2) is 5.69 Å². The van der Waals surface area contributed by atoms with Crippen LogP contribution < -0.4 is 0 Å². The van der Waals surface area contributed by atoms with Crippen molar-refractivity contribution < 1.29 is 18.3 Å². The number of carbonyl (C=O) groups is 1. The number of aromatic carboxylic acids is 1. The zero-order valence-electron chi connectivity index (χ0n) is 8.77. The van der Waals surface area contributed by atoms with Crippen LogP contribution in [0.2, 0.25) is 0 Å². The van der Waals surface area contributed by atoms with Crippen LogP contribution in [0.3, 0.4) is 0 Å². The van der Waals surface area contributed by atoms with Crippen LogP contribution in [0, 0.1) is 0 Å². The highest BCUT2D eigenvalue weighted by Gasteiger charge is 2.29. The number of aromatic nitrogens is 2. The summed E-state index contributed by atoms with van der Waals surface area (Å²) in [6.45, 7) is 3.83. The molecule has 0 saturated carbocycles. The normalized spacial score (nSPS) is 11.7. The maximum absolute atomic E-state index is 11.3. The molecule has 0 fully saturated rings. The average molecular weight is 267 g/mol. The van der Waals surface area contributed by atoms with E-state index in [1.54, 1.807) is 13.8 Å². The van der Waals surface area contributed by atoms with Crippen LogP contribution in [-0.4, -0.2) is 29.3 Å². The Kier molecular flexibility index (Phi) is 3.59. The van der Waals surface area contributed by atoms with Gasteiger partial charge in [-0.15, -0.1) is 0 Å². The first kappa shape index (κ1) is 13.0. The average Bonchev–Trinajstić information content (AvgIpc) is 2.55. The van der Waals surface area contributed by atoms with Crippen molar-refractivity contribution in [2.45, 2.75) is 31.7 Å². The summed E-state index contributed by atoms with van der Waals surface area (Å²) in [5, 5.41) is 12.6. The van der Waals surface area contributed by atoms with Gasteiger partial charge in [-0.25, -0.2) is 13.2 Å². The smallest absolute Gasteiger partial charge is 0.357 e. The summed E-state index contributed by atoms with van der Waals surface area (Å²) >= 11 is 0. The van der Waals surface area contributed by atoms with Crippen LogP contribution >= 0.6 is 10.7 Å². The monoisotopic (exact) mass is 266 g/mol. The Morgan fingerprint density at radius 2 is 2.06 bits per heavy atom. The minimum absolute atomic E-state index is 0.315. The molecule has 0 amide bonds. The Morgan fingerprint density at radius 3 is 2.38 bits per heavy atom. The van der Waals surface area contributed by atoms with Gasteiger partial charge in [0.1, 0.15) is 4.90 Å². The van der Waals surface area contributed by atoms with E-state index in [0.717, 1.165) is 0 Å². The molecular weight excluding hydrogens is 256 g/mol. The molecule has 1 heterocycles. The fourth-order valence-corrected chi connectivity index (χ4v) is 2.86. The van der Waals surface area contributed by atoms with Crippen LogP contribution in [0.1, 0.15) is 30.0 Å². The standard InChI is InChI=1S/C8H11ClN2O4S/c1-3-5-7(16(9,14)15)6(8(12)13)10-11(5)4-2/h3-4H2,1-2H3,(H,12,13). The SMILES string of the molecule is CCc1c(S(=O)(=O)Cl)c(C(=O)O)nn1CC. The quantitative estimate of drug-likeness (QED) is 0.824. The zero-order valence-corrected chi connectivity index (χ0v) is 10.3. The third-order valence-electron chi connectivity index (χ3n) is 2.09. The maximum Gasteiger partial charge on any atom is 0.357 e. The number of rotatable bonds is 4. The summed E-state index contributed by atoms with van der Waals surface area (Å²) in [6.07, 6.45) is 0.343. The zero-order chi connectivity index (χ0) is 12.5. The summed E-state index contributed by atoms with van der Waals surface area (Å²) in [5.74, 6) is -1.40. The second-order valence-corrected chi connectivity index (χ2v) is 5.54. The highest BCUT2D eigenvalue weighted by molar-refractivity contribution is 8.13. The van der Waals surface area contributed by atoms with Gasteiger partial charge in [-0.2, -0.15) is 5.10 Å². The summed E-state index contributed by atoms with van der Waals surface area (Å²) in [4.78, 5) is 10.5. The van der Waals surface area contributed by atoms with Crippen molar-refractivity contribution >= 4 is 25.7 Å². The number of hydrogen-bond donors (Lipinski definition) is 1. The molecule has 0 aliphatic heterocycles. The third kappa shape index (κ3) is 2.19. The van der Waals surface area contributed by atoms with Gasteiger partial charge < -0.3 is 5.11 Å². The molecule has 0 radical (unpaired) electrons. The van der Waals surface area contributed by atoms with E-state index in [-0.39, 0.29) is 0 Å². The lowest BCUT2D eigenvalue weighted by Crippen LogP contribution is -2.04. The van der Waals surface area contributed by atoms with E-state index in [0.29, 0.717) is 18.7 Å². The van der Waals surface area contributed by atoms with Crippen molar-refractivity contribution in [2.24, 2.45) is 0 Å². The topological polar surface area (TPSA) is 89.3 Å². The van der Waals surface area contributed by atoms with Gasteiger partial charge in [-0.3, -0.25) is 4.68 Å². The van der Waals surface area contributed by atoms with Crippen LogP contribution in [0.5, 0.6) is 0 Å². The van der Waals surface area contributed by atoms with E-state index in [4.69, 9.17) is 15.8 Å². The van der Waals surface area contributed by atoms with Crippen LogP contribution in [0.25, 0.3) is 0 Å². The summed E-state index contributed by atoms with van der Waals surface area (Å²) in [6, 6.07) is 0. The van der Waals surface area contributed by atoms with Crippen molar-refractivity contribution in [3.8, 4) is 0 Å². The first-order chi connectivity index (χ1) is 7.32. The van der Waals surface area contributed by atoms with Crippen LogP contribution in [0.4, 0.5) is 0 Å². The van der Waals surface area contributed by atoms with E-state index < -0.39 is 25.6 Å². The number of nitrogens with zero attached hydrogens (tertiary/aromatic N) is 2. The molecule has 0 spiro atoms. The number of carboxylic acid groups (broad SMARTS) is 1. The van der Waals surface area contributed by atoms with Gasteiger partial charge in [0.05, 0.1) is 5.69 Å². The Labute approximate surface area is 97.3 Å². The molecule has 0 aromatic carbocycles. The van der Waals surface area contributed by atoms with E-state index in [1.807, 2.05) is 0 Å². The predicted octanol–water partition coefficient (Wildman–Crippen LogP) is 1.09. The van der Waals surface area contributed by atoms with Crippen LogP contribution in [0.15, 0.2) is 4.90 Å². The molecule has 0 bridgehead atoms. The Bertz CT molecular complexity index is 520. The van der Waals surface area contributed by atoms with E-state index in [1.165, 1.54) is 4.68 Å². The second-order valence-electron chi connectivity index (χ2n) is 3.04. The molecule has 1 N–H and O–H groups in total. The molecule has 0 unspecified atom stereocenters. The Balaban J connectivity index is 3.65. The molecule has 0 aliphatic rings. The molecule has 1 rings (SSSR count). The highest BCUT2D eigenvalue weighted by atomic mass is 35.7. The van der Waals surface area contributed by atoms with Gasteiger partial charge in [-0.1, -0.05) is 6.92 Å². The van der Waals surface area contributed by atoms with E-state index in [2.05, 4.69) is 5.10 Å². The summed E-state index contributed by atoms with van der Waals surface area (Å²) in [7, 11) is 1.12. The first-order valence-corrected chi connectivity index (χ1v) is 6.91. The fraction of sp³-hybridized carbons (Fsp3) is 0.500. The van der Waals surface area contributed by atoms with E-state index in [9.17, 15) is 13.2 Å². The van der Waals surface area contributed by atoms with Crippen molar-refractivity contribution in [1.82, 2.24) is 9.78 Å². The fourth-order valence-electron chi connectivity index (χ4n) is 1.48. The molecule has 0 saturated heterocycles. The molecule has 8 heteroatoms. The summed E-state index contributed by atoms with van der Waals surface area (Å²) < 4.78 is 24.0. The Morgan fingerprint density at radius 1 is 1.50 bits per heavy atom. The molecular formula is C8H11ClN2O4S. The predicted molar refractivity (Wildman–Crippen MR) is 57.3 cm³/mol. The molecule has 0 atom stereocenters. The second kappa shape index (κ2) is 4.42. The van der Waals surface area contributed by atoms with Gasteiger partial charge in [0.2, 0.25) is 0 Å². The molecule has 1 aromatic heterocycles. The van der Waals surface area contributed by atoms with Crippen molar-refractivity contribution in [3.63, 3.8) is 0 Å². The third-order valence-corrected chi connectivity index (χ3v) is 3.47. The molecule has 90 valence electrons. The minimum Gasteiger partial charge on any atom is -0.476 e. The van der Waals surface area contributed by atoms with Gasteiger partial charge in [0, 0.05) is 17.2 Å². The van der Waals surface area contributed by atoms with Gasteiger partial charge in [0.25, 0.3) is 9.05 Å². The lowest BCUT2D eigenvalue weighted by atomic mass is 10.3. The number of halogens is 1. The lowest BCUT2D eigenvalue weighted by molar-refractivity contribution is 0.0685. The van der Waals surface area contributed by atoms with Crippen molar-refractivity contribution in [1.29, 1.82) is 0 Å². The van der Waals surface area contributed by atoms with Crippen molar-refractivity contribution in [2.75, 3.05) is 0 Å². The largest absolute Gasteiger partial charge is 0.476 e. The number of hydrogen-bond acceptors (Lipinski definition) is 4.